The van der Waals surface area contributed by atoms with Crippen LogP contribution in [0.5, 0.6) is 5.75 Å². The number of hydrogen-bond donors (Lipinski definition) is 1. The number of carbonyl (C=O) groups is 2. The number of amides is 1. The molecule has 0 saturated heterocycles. The third-order valence-electron chi connectivity index (χ3n) is 5.54. The van der Waals surface area contributed by atoms with Crippen molar-refractivity contribution in [2.75, 3.05) is 6.61 Å². The van der Waals surface area contributed by atoms with Gasteiger partial charge in [-0.15, -0.1) is 0 Å². The van der Waals surface area contributed by atoms with Gasteiger partial charge in [-0.05, 0) is 54.7 Å². The molecular weight excluding hydrogens is 409 g/mol. The molecule has 1 heterocycles. The van der Waals surface area contributed by atoms with Crippen molar-refractivity contribution in [1.29, 1.82) is 0 Å². The molecule has 1 amide bonds. The molecule has 0 saturated carbocycles. The van der Waals surface area contributed by atoms with E-state index in [0.717, 1.165) is 28.1 Å². The van der Waals surface area contributed by atoms with Gasteiger partial charge in [-0.25, -0.2) is 0 Å². The molecule has 2 unspecified atom stereocenters. The van der Waals surface area contributed by atoms with E-state index in [2.05, 4.69) is 5.32 Å². The second kappa shape index (κ2) is 8.21. The Balaban J connectivity index is 1.66. The van der Waals surface area contributed by atoms with Crippen LogP contribution in [0.1, 0.15) is 49.1 Å². The van der Waals surface area contributed by atoms with Gasteiger partial charge in [0.1, 0.15) is 5.75 Å². The summed E-state index contributed by atoms with van der Waals surface area (Å²) in [7, 11) is 0. The molecule has 4 rings (SSSR count). The van der Waals surface area contributed by atoms with E-state index in [4.69, 9.17) is 27.9 Å². The predicted octanol–water partition coefficient (Wildman–Crippen LogP) is 5.40. The first-order valence-electron chi connectivity index (χ1n) is 9.70. The zero-order valence-electron chi connectivity index (χ0n) is 16.0. The quantitative estimate of drug-likeness (QED) is 0.707. The molecule has 0 fully saturated rings. The third-order valence-corrected chi connectivity index (χ3v) is 6.28. The molecule has 4 nitrogen and oxygen atoms in total. The largest absolute Gasteiger partial charge is 0.494 e. The van der Waals surface area contributed by atoms with Crippen LogP contribution >= 0.6 is 23.2 Å². The van der Waals surface area contributed by atoms with E-state index in [-0.39, 0.29) is 29.9 Å². The maximum absolute atomic E-state index is 13.1. The maximum Gasteiger partial charge on any atom is 0.225 e. The summed E-state index contributed by atoms with van der Waals surface area (Å²) in [5.74, 6) is 0.527. The predicted molar refractivity (Wildman–Crippen MR) is 114 cm³/mol. The molecule has 1 aliphatic heterocycles. The summed E-state index contributed by atoms with van der Waals surface area (Å²) >= 11 is 12.2. The number of nitrogens with one attached hydrogen (secondary N) is 1. The van der Waals surface area contributed by atoms with E-state index < -0.39 is 0 Å². The molecule has 0 radical (unpaired) electrons. The van der Waals surface area contributed by atoms with Crippen LogP contribution in [0.4, 0.5) is 0 Å². The first-order valence-corrected chi connectivity index (χ1v) is 10.5. The van der Waals surface area contributed by atoms with E-state index in [0.29, 0.717) is 29.5 Å². The van der Waals surface area contributed by atoms with Crippen LogP contribution in [0.15, 0.2) is 53.7 Å². The molecular formula is C23H21Cl2NO3. The molecule has 2 aromatic carbocycles. The smallest absolute Gasteiger partial charge is 0.225 e. The van der Waals surface area contributed by atoms with E-state index in [1.54, 1.807) is 6.07 Å². The topological polar surface area (TPSA) is 55.4 Å². The van der Waals surface area contributed by atoms with Gasteiger partial charge in [0.25, 0.3) is 0 Å². The van der Waals surface area contributed by atoms with Crippen LogP contribution in [-0.2, 0) is 9.59 Å². The Morgan fingerprint density at radius 1 is 0.966 bits per heavy atom. The van der Waals surface area contributed by atoms with Crippen molar-refractivity contribution in [2.45, 2.75) is 38.0 Å². The van der Waals surface area contributed by atoms with E-state index >= 15 is 0 Å². The van der Waals surface area contributed by atoms with Crippen molar-refractivity contribution < 1.29 is 14.3 Å². The summed E-state index contributed by atoms with van der Waals surface area (Å²) < 4.78 is 5.50. The standard InChI is InChI=1S/C23H21Cl2NO3/c1-2-29-16-6-3-13(4-7-16)17-12-22(28)26-20-10-15(11-21(27)23(17)20)14-5-8-18(24)19(25)9-14/h3-9,15,17H,2,10-12H2,1H3,(H,26,28). The summed E-state index contributed by atoms with van der Waals surface area (Å²) in [6.45, 7) is 2.52. The molecule has 0 bridgehead atoms. The van der Waals surface area contributed by atoms with Gasteiger partial charge in [0.05, 0.1) is 16.7 Å². The molecule has 2 aliphatic rings. The van der Waals surface area contributed by atoms with Crippen LogP contribution in [0.3, 0.4) is 0 Å². The molecule has 1 aliphatic carbocycles. The number of Topliss-reactive ketones (excluding diaryl/α,β-unsaturated/α-hetero) is 1. The molecule has 0 spiro atoms. The molecule has 29 heavy (non-hydrogen) atoms. The summed E-state index contributed by atoms with van der Waals surface area (Å²) in [6, 6.07) is 13.1. The molecule has 2 atom stereocenters. The average molecular weight is 430 g/mol. The number of hydrogen-bond acceptors (Lipinski definition) is 3. The summed E-state index contributed by atoms with van der Waals surface area (Å²) in [4.78, 5) is 25.5. The Morgan fingerprint density at radius 3 is 2.38 bits per heavy atom. The molecule has 1 N–H and O–H groups in total. The SMILES string of the molecule is CCOc1ccc(C2CC(=O)NC3=C2C(=O)CC(c2ccc(Cl)c(Cl)c2)C3)cc1. The third kappa shape index (κ3) is 4.05. The summed E-state index contributed by atoms with van der Waals surface area (Å²) in [6.07, 6.45) is 1.26. The lowest BCUT2D eigenvalue weighted by Crippen LogP contribution is -2.38. The van der Waals surface area contributed by atoms with Crippen molar-refractivity contribution in [3.05, 3.63) is 74.9 Å². The molecule has 0 aromatic heterocycles. The Kier molecular flexibility index (Phi) is 5.66. The minimum absolute atomic E-state index is 0.0320. The average Bonchev–Trinajstić information content (AvgIpc) is 2.70. The van der Waals surface area contributed by atoms with E-state index in [9.17, 15) is 9.59 Å². The lowest BCUT2D eigenvalue weighted by molar-refractivity contribution is -0.122. The van der Waals surface area contributed by atoms with Crippen LogP contribution in [0, 0.1) is 0 Å². The number of benzene rings is 2. The van der Waals surface area contributed by atoms with E-state index in [1.165, 1.54) is 0 Å². The van der Waals surface area contributed by atoms with Gasteiger partial charge >= 0.3 is 0 Å². The van der Waals surface area contributed by atoms with Gasteiger partial charge in [-0.2, -0.15) is 0 Å². The Bertz CT molecular complexity index is 998. The lowest BCUT2D eigenvalue weighted by Gasteiger charge is -2.34. The maximum atomic E-state index is 13.1. The molecule has 6 heteroatoms. The monoisotopic (exact) mass is 429 g/mol. The number of carbonyl (C=O) groups excluding carboxylic acids is 2. The zero-order chi connectivity index (χ0) is 20.5. The fourth-order valence-electron chi connectivity index (χ4n) is 4.21. The van der Waals surface area contributed by atoms with Gasteiger partial charge in [-0.1, -0.05) is 41.4 Å². The van der Waals surface area contributed by atoms with Crippen molar-refractivity contribution in [2.24, 2.45) is 0 Å². The van der Waals surface area contributed by atoms with Crippen molar-refractivity contribution in [3.8, 4) is 5.75 Å². The number of ketones is 1. The fourth-order valence-corrected chi connectivity index (χ4v) is 4.52. The second-order valence-electron chi connectivity index (χ2n) is 7.40. The van der Waals surface area contributed by atoms with Gasteiger partial charge < -0.3 is 10.1 Å². The summed E-state index contributed by atoms with van der Waals surface area (Å²) in [5, 5.41) is 3.90. The van der Waals surface area contributed by atoms with Gasteiger partial charge in [0, 0.05) is 30.0 Å². The Labute approximate surface area is 179 Å². The molecule has 150 valence electrons. The summed E-state index contributed by atoms with van der Waals surface area (Å²) in [5.41, 5.74) is 3.37. The highest BCUT2D eigenvalue weighted by Gasteiger charge is 2.38. The highest BCUT2D eigenvalue weighted by Crippen LogP contribution is 2.43. The minimum Gasteiger partial charge on any atom is -0.494 e. The Hall–Kier alpha value is -2.30. The van der Waals surface area contributed by atoms with Crippen molar-refractivity contribution >= 4 is 34.9 Å². The van der Waals surface area contributed by atoms with Gasteiger partial charge in [-0.3, -0.25) is 9.59 Å². The first-order chi connectivity index (χ1) is 14.0. The normalized spacial score (nSPS) is 21.6. The fraction of sp³-hybridized carbons (Fsp3) is 0.304. The minimum atomic E-state index is -0.225. The van der Waals surface area contributed by atoms with Crippen LogP contribution in [-0.4, -0.2) is 18.3 Å². The Morgan fingerprint density at radius 2 is 1.69 bits per heavy atom. The lowest BCUT2D eigenvalue weighted by atomic mass is 9.73. The molecule has 2 aromatic rings. The highest BCUT2D eigenvalue weighted by atomic mass is 35.5. The van der Waals surface area contributed by atoms with Crippen LogP contribution in [0.2, 0.25) is 10.0 Å². The number of allylic oxidation sites excluding steroid dienone is 2. The van der Waals surface area contributed by atoms with Gasteiger partial charge in [0.15, 0.2) is 5.78 Å². The zero-order valence-corrected chi connectivity index (χ0v) is 17.5. The highest BCUT2D eigenvalue weighted by molar-refractivity contribution is 6.42. The number of halogens is 2. The van der Waals surface area contributed by atoms with E-state index in [1.807, 2.05) is 43.3 Å². The number of ether oxygens (including phenoxy) is 1. The van der Waals surface area contributed by atoms with Crippen LogP contribution < -0.4 is 10.1 Å². The van der Waals surface area contributed by atoms with Crippen molar-refractivity contribution in [1.82, 2.24) is 5.32 Å². The second-order valence-corrected chi connectivity index (χ2v) is 8.22. The number of rotatable bonds is 4. The first kappa shape index (κ1) is 20.0. The van der Waals surface area contributed by atoms with Gasteiger partial charge in [0.2, 0.25) is 5.91 Å². The van der Waals surface area contributed by atoms with Crippen LogP contribution in [0.25, 0.3) is 0 Å². The van der Waals surface area contributed by atoms with Crippen molar-refractivity contribution in [3.63, 3.8) is 0 Å².